The van der Waals surface area contributed by atoms with E-state index in [4.69, 9.17) is 17.0 Å². The molecule has 6 rings (SSSR count). The fourth-order valence-electron chi connectivity index (χ4n) is 6.15. The molecule has 4 heterocycles. The van der Waals surface area contributed by atoms with Crippen LogP contribution >= 0.6 is 45.7 Å². The van der Waals surface area contributed by atoms with Crippen LogP contribution in [0.5, 0.6) is 11.8 Å². The van der Waals surface area contributed by atoms with Gasteiger partial charge in [0.1, 0.15) is 35.6 Å². The molecular weight excluding hydrogens is 789 g/mol. The van der Waals surface area contributed by atoms with Gasteiger partial charge in [-0.3, -0.25) is 18.8 Å². The monoisotopic (exact) mass is 815 g/mol. The van der Waals surface area contributed by atoms with Gasteiger partial charge in [0, 0.05) is 66.1 Å². The first-order valence-electron chi connectivity index (χ1n) is 13.5. The zero-order valence-corrected chi connectivity index (χ0v) is 27.0. The minimum atomic E-state index is -0.935. The lowest BCUT2D eigenvalue weighted by Crippen LogP contribution is -2.43. The van der Waals surface area contributed by atoms with Crippen molar-refractivity contribution in [2.24, 2.45) is 5.84 Å². The van der Waals surface area contributed by atoms with E-state index in [1.165, 1.54) is 33.7 Å². The second-order valence-electron chi connectivity index (χ2n) is 10.7. The average molecular weight is 815 g/mol. The van der Waals surface area contributed by atoms with E-state index >= 15 is 4.39 Å². The number of nitrogens with zero attached hydrogens (tertiary/aromatic N) is 6. The number of phenolic OH excluding ortho intramolecular Hbond substituents is 1. The van der Waals surface area contributed by atoms with Gasteiger partial charge >= 0.3 is 6.01 Å². The molecule has 4 aromatic rings. The van der Waals surface area contributed by atoms with Crippen LogP contribution in [0.15, 0.2) is 30.5 Å². The highest BCUT2D eigenvalue weighted by atomic mass is 127. The summed E-state index contributed by atoms with van der Waals surface area (Å²) >= 11 is 4.01. The minimum absolute atomic E-state index is 0.0704. The van der Waals surface area contributed by atoms with Crippen LogP contribution in [0.25, 0.3) is 32.9 Å². The summed E-state index contributed by atoms with van der Waals surface area (Å²) in [6, 6.07) is 5.30. The first kappa shape index (κ1) is 30.3. The molecule has 2 aromatic heterocycles. The Balaban J connectivity index is 1.49. The van der Waals surface area contributed by atoms with Crippen molar-refractivity contribution in [2.45, 2.75) is 31.0 Å². The molecule has 2 unspecified atom stereocenters. The highest BCUT2D eigenvalue weighted by molar-refractivity contribution is 14.1. The molecule has 2 aliphatic heterocycles. The molecule has 2 saturated heterocycles. The van der Waals surface area contributed by atoms with Gasteiger partial charge in [0.05, 0.1) is 39.4 Å². The highest BCUT2D eigenvalue weighted by Crippen LogP contribution is 2.42. The summed E-state index contributed by atoms with van der Waals surface area (Å²) < 4.78 is 55.0. The maximum absolute atomic E-state index is 16.6. The van der Waals surface area contributed by atoms with Gasteiger partial charge in [-0.25, -0.2) is 13.2 Å². The van der Waals surface area contributed by atoms with Gasteiger partial charge in [0.2, 0.25) is 0 Å². The predicted octanol–water partition coefficient (Wildman–Crippen LogP) is 5.45. The number of terminal acetylenes is 1. The molecular formula is C29H26F3I2N7O2. The molecule has 14 heteroatoms. The Kier molecular flexibility index (Phi) is 8.45. The standard InChI is InChI=1S/C29H26F3I2N7O2/c1-2-19-22(31)5-4-16-10-18(42)11-20(23(16)19)25-24(32)26-21(13-36-25)27(40(33)8-9-41(34)35)38-28(37-26)43-15-29-6-3-7-39(29)14-17(30)12-29/h1,4-5,10-11,13,17,42H,3,6-9,12,14-15,35H2. The molecule has 224 valence electrons. The Bertz CT molecular complexity index is 1770. The van der Waals surface area contributed by atoms with Gasteiger partial charge in [-0.05, 0) is 43.0 Å². The van der Waals surface area contributed by atoms with E-state index in [-0.39, 0.29) is 46.1 Å². The van der Waals surface area contributed by atoms with Crippen LogP contribution in [-0.4, -0.2) is 72.7 Å². The van der Waals surface area contributed by atoms with Crippen molar-refractivity contribution >= 4 is 73.2 Å². The maximum Gasteiger partial charge on any atom is 0.319 e. The number of phenols is 1. The number of hydrazine groups is 1. The number of alkyl halides is 1. The topological polar surface area (TPSA) is 104 Å². The van der Waals surface area contributed by atoms with E-state index in [0.29, 0.717) is 42.6 Å². The molecule has 3 N–H and O–H groups in total. The van der Waals surface area contributed by atoms with Gasteiger partial charge in [0.15, 0.2) is 11.6 Å². The fourth-order valence-corrected chi connectivity index (χ4v) is 6.95. The van der Waals surface area contributed by atoms with E-state index in [1.54, 1.807) is 3.11 Å². The van der Waals surface area contributed by atoms with Crippen LogP contribution in [-0.2, 0) is 0 Å². The molecule has 9 nitrogen and oxygen atoms in total. The van der Waals surface area contributed by atoms with Crippen molar-refractivity contribution in [3.05, 3.63) is 47.7 Å². The number of hydrogen-bond donors (Lipinski definition) is 2. The molecule has 0 radical (unpaired) electrons. The maximum atomic E-state index is 16.6. The van der Waals surface area contributed by atoms with E-state index in [2.05, 4.69) is 48.6 Å². The van der Waals surface area contributed by atoms with Crippen molar-refractivity contribution in [3.63, 3.8) is 0 Å². The lowest BCUT2D eigenvalue weighted by atomic mass is 9.95. The van der Waals surface area contributed by atoms with Crippen molar-refractivity contribution in [1.29, 1.82) is 0 Å². The molecule has 43 heavy (non-hydrogen) atoms. The summed E-state index contributed by atoms with van der Waals surface area (Å²) in [5.74, 6) is 6.84. The number of anilines is 1. The largest absolute Gasteiger partial charge is 0.508 e. The third kappa shape index (κ3) is 5.65. The quantitative estimate of drug-likeness (QED) is 0.0792. The lowest BCUT2D eigenvalue weighted by molar-refractivity contribution is 0.107. The third-order valence-electron chi connectivity index (χ3n) is 8.07. The zero-order chi connectivity index (χ0) is 30.5. The third-order valence-corrected chi connectivity index (χ3v) is 9.49. The number of fused-ring (bicyclic) bond motifs is 3. The number of ether oxygens (including phenoxy) is 1. The van der Waals surface area contributed by atoms with E-state index in [1.807, 2.05) is 22.9 Å². The summed E-state index contributed by atoms with van der Waals surface area (Å²) in [7, 11) is 0. The Morgan fingerprint density at radius 1 is 1.23 bits per heavy atom. The summed E-state index contributed by atoms with van der Waals surface area (Å²) in [4.78, 5) is 15.6. The first-order chi connectivity index (χ1) is 20.6. The second kappa shape index (κ2) is 12.0. The number of rotatable bonds is 8. The number of pyridine rings is 1. The summed E-state index contributed by atoms with van der Waals surface area (Å²) in [6.45, 7) is 2.21. The first-order valence-corrected chi connectivity index (χ1v) is 15.4. The van der Waals surface area contributed by atoms with Crippen LogP contribution in [0.4, 0.5) is 19.0 Å². The van der Waals surface area contributed by atoms with Crippen molar-refractivity contribution < 1.29 is 23.0 Å². The number of nitrogens with two attached hydrogens (primary N) is 1. The van der Waals surface area contributed by atoms with E-state index in [0.717, 1.165) is 19.4 Å². The molecule has 0 saturated carbocycles. The molecule has 0 amide bonds. The molecule has 2 atom stereocenters. The minimum Gasteiger partial charge on any atom is -0.508 e. The zero-order valence-electron chi connectivity index (χ0n) is 22.7. The molecule has 0 spiro atoms. The SMILES string of the molecule is C#Cc1c(F)ccc2cc(O)cc(-c3ncc4c(N(I)CCN(N)I)nc(OCC56CCCN5CC(F)C6)nc4c3F)c12. The van der Waals surface area contributed by atoms with Crippen molar-refractivity contribution in [3.8, 4) is 35.4 Å². The number of halogens is 5. The number of aromatic nitrogens is 3. The number of hydrogen-bond acceptors (Lipinski definition) is 9. The number of aromatic hydroxyl groups is 1. The summed E-state index contributed by atoms with van der Waals surface area (Å²) in [5.41, 5.74) is -0.686. The van der Waals surface area contributed by atoms with Crippen LogP contribution in [0.3, 0.4) is 0 Å². The van der Waals surface area contributed by atoms with Gasteiger partial charge in [-0.15, -0.1) is 6.42 Å². The molecule has 2 aromatic carbocycles. The van der Waals surface area contributed by atoms with Gasteiger partial charge in [-0.1, -0.05) is 12.0 Å². The van der Waals surface area contributed by atoms with Crippen LogP contribution in [0.2, 0.25) is 0 Å². The smallest absolute Gasteiger partial charge is 0.319 e. The summed E-state index contributed by atoms with van der Waals surface area (Å²) in [6.07, 6.45) is 8.21. The summed E-state index contributed by atoms with van der Waals surface area (Å²) in [5, 5.41) is 11.4. The van der Waals surface area contributed by atoms with Crippen LogP contribution in [0, 0.1) is 24.0 Å². The average Bonchev–Trinajstić information content (AvgIpc) is 3.50. The molecule has 2 fully saturated rings. The lowest BCUT2D eigenvalue weighted by Gasteiger charge is -2.31. The van der Waals surface area contributed by atoms with E-state index < -0.39 is 23.3 Å². The molecule has 0 aliphatic carbocycles. The Labute approximate surface area is 273 Å². The molecule has 0 bridgehead atoms. The predicted molar refractivity (Wildman–Crippen MR) is 175 cm³/mol. The van der Waals surface area contributed by atoms with Gasteiger partial charge in [-0.2, -0.15) is 13.2 Å². The van der Waals surface area contributed by atoms with Crippen molar-refractivity contribution in [2.75, 3.05) is 35.9 Å². The Morgan fingerprint density at radius 3 is 2.81 bits per heavy atom. The number of benzene rings is 2. The van der Waals surface area contributed by atoms with Gasteiger partial charge in [0.25, 0.3) is 0 Å². The van der Waals surface area contributed by atoms with Crippen molar-refractivity contribution in [1.82, 2.24) is 23.1 Å². The second-order valence-corrected chi connectivity index (χ2v) is 13.1. The van der Waals surface area contributed by atoms with Gasteiger partial charge < -0.3 is 9.84 Å². The van der Waals surface area contributed by atoms with E-state index in [9.17, 15) is 13.9 Å². The van der Waals surface area contributed by atoms with Crippen LogP contribution < -0.4 is 13.7 Å². The fraction of sp³-hybridized carbons (Fsp3) is 0.345. The Hall–Kier alpha value is -2.72. The highest BCUT2D eigenvalue weighted by Gasteiger charge is 2.49. The Morgan fingerprint density at radius 2 is 2.05 bits per heavy atom. The van der Waals surface area contributed by atoms with Crippen LogP contribution in [0.1, 0.15) is 24.8 Å². The normalized spacial score (nSPS) is 20.2. The molecule has 2 aliphatic rings.